The standard InChI is InChI=1S/C14H17N3OS/c1-10-6-7-17(8-10)9-13(18)16-14-15-11-4-2-3-5-12(11)19-14/h2-5,10H,6-9H2,1H3,(H,15,16,18). The molecule has 1 amide bonds. The van der Waals surface area contributed by atoms with E-state index in [1.54, 1.807) is 0 Å². The molecule has 0 saturated carbocycles. The van der Waals surface area contributed by atoms with Crippen LogP contribution in [0, 0.1) is 5.92 Å². The fourth-order valence-electron chi connectivity index (χ4n) is 2.46. The number of hydrogen-bond donors (Lipinski definition) is 1. The molecule has 100 valence electrons. The van der Waals surface area contributed by atoms with Gasteiger partial charge in [0.05, 0.1) is 16.8 Å². The number of nitrogens with zero attached hydrogens (tertiary/aromatic N) is 2. The number of carbonyl (C=O) groups excluding carboxylic acids is 1. The van der Waals surface area contributed by atoms with Crippen molar-refractivity contribution in [1.82, 2.24) is 9.88 Å². The van der Waals surface area contributed by atoms with Crippen LogP contribution in [0.15, 0.2) is 24.3 Å². The van der Waals surface area contributed by atoms with E-state index in [1.165, 1.54) is 17.8 Å². The lowest BCUT2D eigenvalue weighted by Crippen LogP contribution is -2.31. The molecule has 1 aromatic carbocycles. The molecule has 1 aromatic heterocycles. The van der Waals surface area contributed by atoms with Crippen LogP contribution in [0.25, 0.3) is 10.2 Å². The molecule has 1 fully saturated rings. The monoisotopic (exact) mass is 275 g/mol. The van der Waals surface area contributed by atoms with Crippen LogP contribution < -0.4 is 5.32 Å². The SMILES string of the molecule is CC1CCN(CC(=O)Nc2nc3ccccc3s2)C1. The van der Waals surface area contributed by atoms with Crippen LogP contribution in [0.2, 0.25) is 0 Å². The molecule has 19 heavy (non-hydrogen) atoms. The van der Waals surface area contributed by atoms with Gasteiger partial charge in [-0.25, -0.2) is 4.98 Å². The summed E-state index contributed by atoms with van der Waals surface area (Å²) in [5, 5.41) is 3.59. The van der Waals surface area contributed by atoms with Gasteiger partial charge < -0.3 is 5.32 Å². The van der Waals surface area contributed by atoms with Crippen molar-refractivity contribution in [3.8, 4) is 0 Å². The predicted octanol–water partition coefficient (Wildman–Crippen LogP) is 2.58. The van der Waals surface area contributed by atoms with Crippen molar-refractivity contribution in [2.24, 2.45) is 5.92 Å². The molecule has 0 radical (unpaired) electrons. The highest BCUT2D eigenvalue weighted by Crippen LogP contribution is 2.25. The summed E-state index contributed by atoms with van der Waals surface area (Å²) in [5.74, 6) is 0.739. The van der Waals surface area contributed by atoms with Crippen LogP contribution in [-0.4, -0.2) is 35.4 Å². The van der Waals surface area contributed by atoms with Gasteiger partial charge in [-0.3, -0.25) is 9.69 Å². The van der Waals surface area contributed by atoms with Gasteiger partial charge in [-0.05, 0) is 31.0 Å². The molecular weight excluding hydrogens is 258 g/mol. The van der Waals surface area contributed by atoms with Gasteiger partial charge in [0.15, 0.2) is 5.13 Å². The third-order valence-electron chi connectivity index (χ3n) is 3.42. The second kappa shape index (κ2) is 5.27. The molecule has 2 aromatic rings. The number of rotatable bonds is 3. The molecule has 1 unspecified atom stereocenters. The van der Waals surface area contributed by atoms with Gasteiger partial charge in [0.2, 0.25) is 5.91 Å². The molecule has 0 aliphatic carbocycles. The van der Waals surface area contributed by atoms with Crippen LogP contribution >= 0.6 is 11.3 Å². The molecular formula is C14H17N3OS. The molecule has 1 aliphatic rings. The van der Waals surface area contributed by atoms with Gasteiger partial charge in [0.1, 0.15) is 0 Å². The zero-order chi connectivity index (χ0) is 13.2. The first-order chi connectivity index (χ1) is 9.20. The van der Waals surface area contributed by atoms with Crippen LogP contribution in [-0.2, 0) is 4.79 Å². The largest absolute Gasteiger partial charge is 0.301 e. The predicted molar refractivity (Wildman–Crippen MR) is 78.5 cm³/mol. The number of hydrogen-bond acceptors (Lipinski definition) is 4. The van der Waals surface area contributed by atoms with Gasteiger partial charge >= 0.3 is 0 Å². The number of aromatic nitrogens is 1. The highest BCUT2D eigenvalue weighted by atomic mass is 32.1. The minimum Gasteiger partial charge on any atom is -0.301 e. The third kappa shape index (κ3) is 2.93. The summed E-state index contributed by atoms with van der Waals surface area (Å²) < 4.78 is 1.10. The van der Waals surface area contributed by atoms with E-state index < -0.39 is 0 Å². The Morgan fingerprint density at radius 3 is 3.11 bits per heavy atom. The van der Waals surface area contributed by atoms with E-state index in [9.17, 15) is 4.79 Å². The number of carbonyl (C=O) groups is 1. The highest BCUT2D eigenvalue weighted by molar-refractivity contribution is 7.22. The minimum atomic E-state index is 0.0353. The Hall–Kier alpha value is -1.46. The molecule has 0 bridgehead atoms. The number of anilines is 1. The van der Waals surface area contributed by atoms with Crippen molar-refractivity contribution < 1.29 is 4.79 Å². The highest BCUT2D eigenvalue weighted by Gasteiger charge is 2.20. The summed E-state index contributed by atoms with van der Waals surface area (Å²) in [6, 6.07) is 7.92. The fraction of sp³-hybridized carbons (Fsp3) is 0.429. The summed E-state index contributed by atoms with van der Waals surface area (Å²) in [6.07, 6.45) is 1.19. The molecule has 0 spiro atoms. The zero-order valence-corrected chi connectivity index (χ0v) is 11.7. The molecule has 3 rings (SSSR count). The van der Waals surface area contributed by atoms with Crippen molar-refractivity contribution in [1.29, 1.82) is 0 Å². The minimum absolute atomic E-state index is 0.0353. The van der Waals surface area contributed by atoms with Crippen LogP contribution in [0.5, 0.6) is 0 Å². The van der Waals surface area contributed by atoms with Gasteiger partial charge in [0, 0.05) is 6.54 Å². The fourth-order valence-corrected chi connectivity index (χ4v) is 3.34. The maximum absolute atomic E-state index is 12.0. The normalized spacial score (nSPS) is 19.9. The molecule has 5 heteroatoms. The van der Waals surface area contributed by atoms with Crippen molar-refractivity contribution in [3.63, 3.8) is 0 Å². The van der Waals surface area contributed by atoms with Crippen LogP contribution in [0.1, 0.15) is 13.3 Å². The molecule has 1 N–H and O–H groups in total. The van der Waals surface area contributed by atoms with Crippen molar-refractivity contribution in [2.45, 2.75) is 13.3 Å². The first-order valence-electron chi connectivity index (χ1n) is 6.58. The van der Waals surface area contributed by atoms with E-state index in [0.717, 1.165) is 23.3 Å². The number of likely N-dealkylation sites (tertiary alicyclic amines) is 1. The Kier molecular flexibility index (Phi) is 3.48. The number of nitrogens with one attached hydrogen (secondary N) is 1. The van der Waals surface area contributed by atoms with Gasteiger partial charge in [0.25, 0.3) is 0 Å². The summed E-state index contributed by atoms with van der Waals surface area (Å²) in [5.41, 5.74) is 0.942. The van der Waals surface area contributed by atoms with Gasteiger partial charge in [-0.2, -0.15) is 0 Å². The van der Waals surface area contributed by atoms with Crippen molar-refractivity contribution in [3.05, 3.63) is 24.3 Å². The second-order valence-corrected chi connectivity index (χ2v) is 6.19. The van der Waals surface area contributed by atoms with Gasteiger partial charge in [-0.1, -0.05) is 30.4 Å². The lowest BCUT2D eigenvalue weighted by molar-refractivity contribution is -0.117. The second-order valence-electron chi connectivity index (χ2n) is 5.16. The van der Waals surface area contributed by atoms with Crippen LogP contribution in [0.4, 0.5) is 5.13 Å². The van der Waals surface area contributed by atoms with E-state index >= 15 is 0 Å². The summed E-state index contributed by atoms with van der Waals surface area (Å²) in [7, 11) is 0. The summed E-state index contributed by atoms with van der Waals surface area (Å²) in [6.45, 7) is 4.74. The Labute approximate surface area is 116 Å². The van der Waals surface area contributed by atoms with E-state index in [0.29, 0.717) is 17.6 Å². The molecule has 4 nitrogen and oxygen atoms in total. The first-order valence-corrected chi connectivity index (χ1v) is 7.40. The summed E-state index contributed by atoms with van der Waals surface area (Å²) in [4.78, 5) is 18.6. The van der Waals surface area contributed by atoms with E-state index in [1.807, 2.05) is 24.3 Å². The topological polar surface area (TPSA) is 45.2 Å². The average Bonchev–Trinajstić information content (AvgIpc) is 2.94. The molecule has 1 atom stereocenters. The molecule has 2 heterocycles. The quantitative estimate of drug-likeness (QED) is 0.936. The Morgan fingerprint density at radius 1 is 1.53 bits per heavy atom. The number of amides is 1. The molecule has 1 aliphatic heterocycles. The number of thiazole rings is 1. The maximum atomic E-state index is 12.0. The first kappa shape index (κ1) is 12.6. The number of para-hydroxylation sites is 1. The van der Waals surface area contributed by atoms with Gasteiger partial charge in [-0.15, -0.1) is 0 Å². The lowest BCUT2D eigenvalue weighted by Gasteiger charge is -2.13. The van der Waals surface area contributed by atoms with Crippen molar-refractivity contribution >= 4 is 32.6 Å². The Morgan fingerprint density at radius 2 is 2.37 bits per heavy atom. The smallest absolute Gasteiger partial charge is 0.240 e. The number of fused-ring (bicyclic) bond motifs is 1. The van der Waals surface area contributed by atoms with E-state index in [4.69, 9.17) is 0 Å². The summed E-state index contributed by atoms with van der Waals surface area (Å²) >= 11 is 1.52. The van der Waals surface area contributed by atoms with E-state index in [2.05, 4.69) is 22.1 Å². The number of benzene rings is 1. The maximum Gasteiger partial charge on any atom is 0.240 e. The van der Waals surface area contributed by atoms with Crippen LogP contribution in [0.3, 0.4) is 0 Å². The average molecular weight is 275 g/mol. The lowest BCUT2D eigenvalue weighted by atomic mass is 10.2. The zero-order valence-electron chi connectivity index (χ0n) is 10.9. The molecule has 1 saturated heterocycles. The third-order valence-corrected chi connectivity index (χ3v) is 4.37. The Balaban J connectivity index is 1.62. The van der Waals surface area contributed by atoms with Crippen molar-refractivity contribution in [2.75, 3.05) is 25.0 Å². The Bertz CT molecular complexity index is 562. The van der Waals surface area contributed by atoms with E-state index in [-0.39, 0.29) is 5.91 Å².